The Balaban J connectivity index is 1.73. The summed E-state index contributed by atoms with van der Waals surface area (Å²) in [4.78, 5) is 0. The van der Waals surface area contributed by atoms with Gasteiger partial charge in [0, 0.05) is 6.42 Å². The van der Waals surface area contributed by atoms with E-state index in [1.807, 2.05) is 0 Å². The van der Waals surface area contributed by atoms with E-state index in [4.69, 9.17) is 6.42 Å². The van der Waals surface area contributed by atoms with Crippen LogP contribution in [0, 0.1) is 18.3 Å². The zero-order chi connectivity index (χ0) is 7.23. The van der Waals surface area contributed by atoms with Gasteiger partial charge in [-0.2, -0.15) is 0 Å². The summed E-state index contributed by atoms with van der Waals surface area (Å²) in [7, 11) is 0. The monoisotopic (exact) mass is 136 g/mol. The molecule has 1 fully saturated rings. The number of rotatable bonds is 5. The van der Waals surface area contributed by atoms with Gasteiger partial charge in [0.2, 0.25) is 0 Å². The van der Waals surface area contributed by atoms with Gasteiger partial charge in [0.15, 0.2) is 0 Å². The van der Waals surface area contributed by atoms with Crippen molar-refractivity contribution in [1.82, 2.24) is 0 Å². The van der Waals surface area contributed by atoms with Crippen molar-refractivity contribution < 1.29 is 0 Å². The molecular weight excluding hydrogens is 120 g/mol. The smallest absolute Gasteiger partial charge is 0.00860 e. The van der Waals surface area contributed by atoms with Gasteiger partial charge in [0.1, 0.15) is 0 Å². The molecule has 1 aliphatic rings. The van der Waals surface area contributed by atoms with Crippen LogP contribution in [0.1, 0.15) is 44.9 Å². The van der Waals surface area contributed by atoms with Crippen molar-refractivity contribution in [1.29, 1.82) is 0 Å². The Morgan fingerprint density at radius 2 is 2.00 bits per heavy atom. The number of hydrogen-bond donors (Lipinski definition) is 0. The second-order valence-electron chi connectivity index (χ2n) is 3.25. The molecule has 0 spiro atoms. The number of unbranched alkanes of at least 4 members (excludes halogenated alkanes) is 3. The zero-order valence-electron chi connectivity index (χ0n) is 6.60. The molecule has 0 aromatic rings. The number of hydrogen-bond acceptors (Lipinski definition) is 0. The van der Waals surface area contributed by atoms with Crippen LogP contribution in [-0.2, 0) is 0 Å². The van der Waals surface area contributed by atoms with Gasteiger partial charge in [-0.1, -0.05) is 32.1 Å². The minimum atomic E-state index is 0.977. The fourth-order valence-corrected chi connectivity index (χ4v) is 1.24. The van der Waals surface area contributed by atoms with Crippen LogP contribution in [0.3, 0.4) is 0 Å². The second-order valence-corrected chi connectivity index (χ2v) is 3.25. The minimum absolute atomic E-state index is 0.977. The van der Waals surface area contributed by atoms with Crippen LogP contribution in [0.4, 0.5) is 0 Å². The molecule has 1 saturated carbocycles. The first-order valence-electron chi connectivity index (χ1n) is 4.37. The molecule has 0 nitrogen and oxygen atoms in total. The first-order chi connectivity index (χ1) is 4.93. The molecule has 0 aromatic heterocycles. The molecule has 0 amide bonds. The standard InChI is InChI=1S/C10H16/c1-2-3-4-5-6-7-10-8-9-10/h1,10H,3-9H2. The fourth-order valence-electron chi connectivity index (χ4n) is 1.24. The Hall–Kier alpha value is -0.440. The van der Waals surface area contributed by atoms with E-state index in [1.165, 1.54) is 38.5 Å². The van der Waals surface area contributed by atoms with Gasteiger partial charge < -0.3 is 0 Å². The lowest BCUT2D eigenvalue weighted by Gasteiger charge is -1.95. The molecular formula is C10H16. The van der Waals surface area contributed by atoms with Gasteiger partial charge in [-0.25, -0.2) is 0 Å². The molecule has 0 aliphatic heterocycles. The summed E-state index contributed by atoms with van der Waals surface area (Å²) in [5.41, 5.74) is 0. The van der Waals surface area contributed by atoms with E-state index in [0.29, 0.717) is 0 Å². The van der Waals surface area contributed by atoms with Crippen LogP contribution >= 0.6 is 0 Å². The Labute approximate surface area is 64.0 Å². The quantitative estimate of drug-likeness (QED) is 0.402. The molecule has 0 N–H and O–H groups in total. The van der Waals surface area contributed by atoms with Crippen LogP contribution in [0.2, 0.25) is 0 Å². The highest BCUT2D eigenvalue weighted by atomic mass is 14.2. The van der Waals surface area contributed by atoms with Gasteiger partial charge in [0.05, 0.1) is 0 Å². The summed E-state index contributed by atoms with van der Waals surface area (Å²) < 4.78 is 0. The van der Waals surface area contributed by atoms with E-state index >= 15 is 0 Å². The summed E-state index contributed by atoms with van der Waals surface area (Å²) in [5.74, 6) is 3.77. The van der Waals surface area contributed by atoms with Crippen LogP contribution < -0.4 is 0 Å². The Bertz CT molecular complexity index is 114. The van der Waals surface area contributed by atoms with Crippen LogP contribution in [-0.4, -0.2) is 0 Å². The van der Waals surface area contributed by atoms with Crippen LogP contribution in [0.15, 0.2) is 0 Å². The largest absolute Gasteiger partial charge is 0.120 e. The highest BCUT2D eigenvalue weighted by Gasteiger charge is 2.19. The molecule has 1 aliphatic carbocycles. The molecule has 0 heteroatoms. The summed E-state index contributed by atoms with van der Waals surface area (Å²) in [6.07, 6.45) is 14.6. The van der Waals surface area contributed by atoms with Crippen molar-refractivity contribution in [2.24, 2.45) is 5.92 Å². The van der Waals surface area contributed by atoms with Gasteiger partial charge in [-0.15, -0.1) is 12.3 Å². The molecule has 0 unspecified atom stereocenters. The maximum Gasteiger partial charge on any atom is 0.00860 e. The maximum absolute atomic E-state index is 5.13. The van der Waals surface area contributed by atoms with Crippen LogP contribution in [0.25, 0.3) is 0 Å². The summed E-state index contributed by atoms with van der Waals surface area (Å²) in [5, 5.41) is 0. The lowest BCUT2D eigenvalue weighted by Crippen LogP contribution is -1.78. The summed E-state index contributed by atoms with van der Waals surface area (Å²) >= 11 is 0. The Morgan fingerprint density at radius 1 is 1.20 bits per heavy atom. The molecule has 0 atom stereocenters. The van der Waals surface area contributed by atoms with Crippen molar-refractivity contribution in [2.45, 2.75) is 44.9 Å². The SMILES string of the molecule is C#CCCCCCC1CC1. The maximum atomic E-state index is 5.13. The second kappa shape index (κ2) is 4.39. The molecule has 0 heterocycles. The van der Waals surface area contributed by atoms with Gasteiger partial charge in [-0.3, -0.25) is 0 Å². The molecule has 0 bridgehead atoms. The zero-order valence-corrected chi connectivity index (χ0v) is 6.60. The topological polar surface area (TPSA) is 0 Å². The minimum Gasteiger partial charge on any atom is -0.120 e. The summed E-state index contributed by atoms with van der Waals surface area (Å²) in [6.45, 7) is 0. The van der Waals surface area contributed by atoms with Crippen molar-refractivity contribution in [2.75, 3.05) is 0 Å². The molecule has 0 aromatic carbocycles. The third kappa shape index (κ3) is 3.56. The fraction of sp³-hybridized carbons (Fsp3) is 0.800. The molecule has 10 heavy (non-hydrogen) atoms. The van der Waals surface area contributed by atoms with Gasteiger partial charge in [-0.05, 0) is 12.3 Å². The molecule has 0 saturated heterocycles. The lowest BCUT2D eigenvalue weighted by molar-refractivity contribution is 0.609. The van der Waals surface area contributed by atoms with E-state index in [-0.39, 0.29) is 0 Å². The lowest BCUT2D eigenvalue weighted by atomic mass is 10.1. The van der Waals surface area contributed by atoms with Crippen LogP contribution in [0.5, 0.6) is 0 Å². The molecule has 56 valence electrons. The first-order valence-corrected chi connectivity index (χ1v) is 4.37. The third-order valence-electron chi connectivity index (χ3n) is 2.13. The van der Waals surface area contributed by atoms with E-state index < -0.39 is 0 Å². The normalized spacial score (nSPS) is 16.7. The predicted molar refractivity (Wildman–Crippen MR) is 44.6 cm³/mol. The third-order valence-corrected chi connectivity index (χ3v) is 2.13. The molecule has 0 radical (unpaired) electrons. The van der Waals surface area contributed by atoms with E-state index in [2.05, 4.69) is 5.92 Å². The Morgan fingerprint density at radius 3 is 2.60 bits per heavy atom. The highest BCUT2D eigenvalue weighted by Crippen LogP contribution is 2.33. The van der Waals surface area contributed by atoms with Crippen molar-refractivity contribution in [3.8, 4) is 12.3 Å². The average Bonchev–Trinajstić information content (AvgIpc) is 2.71. The number of terminal acetylenes is 1. The first kappa shape index (κ1) is 7.66. The highest BCUT2D eigenvalue weighted by molar-refractivity contribution is 4.83. The van der Waals surface area contributed by atoms with Crippen molar-refractivity contribution in [3.63, 3.8) is 0 Å². The summed E-state index contributed by atoms with van der Waals surface area (Å²) in [6, 6.07) is 0. The van der Waals surface area contributed by atoms with Gasteiger partial charge in [0.25, 0.3) is 0 Å². The van der Waals surface area contributed by atoms with Crippen molar-refractivity contribution in [3.05, 3.63) is 0 Å². The average molecular weight is 136 g/mol. The van der Waals surface area contributed by atoms with Crippen molar-refractivity contribution >= 4 is 0 Å². The molecule has 1 rings (SSSR count). The van der Waals surface area contributed by atoms with Gasteiger partial charge >= 0.3 is 0 Å². The van der Waals surface area contributed by atoms with E-state index in [1.54, 1.807) is 0 Å². The van der Waals surface area contributed by atoms with E-state index in [9.17, 15) is 0 Å². The predicted octanol–water partition coefficient (Wildman–Crippen LogP) is 2.98. The Kier molecular flexibility index (Phi) is 3.36. The van der Waals surface area contributed by atoms with E-state index in [0.717, 1.165) is 12.3 Å².